The lowest BCUT2D eigenvalue weighted by atomic mass is 10.2. The Labute approximate surface area is 112 Å². The highest BCUT2D eigenvalue weighted by atomic mass is 16.5. The van der Waals surface area contributed by atoms with Crippen LogP contribution in [0.4, 0.5) is 0 Å². The molecule has 0 saturated heterocycles. The highest BCUT2D eigenvalue weighted by Crippen LogP contribution is 2.11. The van der Waals surface area contributed by atoms with Gasteiger partial charge in [0.2, 0.25) is 5.91 Å². The lowest BCUT2D eigenvalue weighted by molar-refractivity contribution is -0.143. The third-order valence-corrected chi connectivity index (χ3v) is 2.26. The number of carbonyl (C=O) groups excluding carboxylic acids is 2. The molecular weight excluding hydrogens is 246 g/mol. The highest BCUT2D eigenvalue weighted by Gasteiger charge is 2.02. The van der Waals surface area contributed by atoms with Crippen molar-refractivity contribution in [2.45, 2.75) is 6.92 Å². The van der Waals surface area contributed by atoms with Crippen LogP contribution in [0.25, 0.3) is 6.08 Å². The summed E-state index contributed by atoms with van der Waals surface area (Å²) in [7, 11) is 1.59. The molecule has 0 saturated carbocycles. The summed E-state index contributed by atoms with van der Waals surface area (Å²) < 4.78 is 9.72. The van der Waals surface area contributed by atoms with Crippen molar-refractivity contribution in [3.8, 4) is 5.75 Å². The Morgan fingerprint density at radius 1 is 1.26 bits per heavy atom. The summed E-state index contributed by atoms with van der Waals surface area (Å²) in [5.41, 5.74) is 0.868. The molecule has 0 aliphatic rings. The van der Waals surface area contributed by atoms with Crippen molar-refractivity contribution in [2.24, 2.45) is 0 Å². The molecule has 1 aromatic carbocycles. The Morgan fingerprint density at radius 2 is 1.95 bits per heavy atom. The van der Waals surface area contributed by atoms with E-state index in [2.05, 4.69) is 10.1 Å². The first-order valence-electron chi connectivity index (χ1n) is 5.91. The van der Waals surface area contributed by atoms with E-state index in [1.165, 1.54) is 6.08 Å². The molecule has 0 aliphatic heterocycles. The van der Waals surface area contributed by atoms with E-state index in [1.54, 1.807) is 32.2 Å². The van der Waals surface area contributed by atoms with Gasteiger partial charge in [0.05, 0.1) is 13.7 Å². The molecule has 0 unspecified atom stereocenters. The van der Waals surface area contributed by atoms with Crippen molar-refractivity contribution in [3.05, 3.63) is 35.9 Å². The minimum absolute atomic E-state index is 0.125. The van der Waals surface area contributed by atoms with Gasteiger partial charge in [-0.3, -0.25) is 9.59 Å². The average molecular weight is 263 g/mol. The Bertz CT molecular complexity index is 451. The van der Waals surface area contributed by atoms with Crippen molar-refractivity contribution >= 4 is 18.0 Å². The predicted octanol–water partition coefficient (Wildman–Crippen LogP) is 1.39. The maximum absolute atomic E-state index is 11.4. The average Bonchev–Trinajstić information content (AvgIpc) is 2.44. The first-order valence-corrected chi connectivity index (χ1v) is 5.91. The number of benzene rings is 1. The maximum atomic E-state index is 11.4. The Kier molecular flexibility index (Phi) is 6.15. The van der Waals surface area contributed by atoms with Gasteiger partial charge in [-0.05, 0) is 30.7 Å². The van der Waals surface area contributed by atoms with E-state index in [-0.39, 0.29) is 12.5 Å². The summed E-state index contributed by atoms with van der Waals surface area (Å²) >= 11 is 0. The van der Waals surface area contributed by atoms with E-state index >= 15 is 0 Å². The van der Waals surface area contributed by atoms with Crippen LogP contribution in [0.15, 0.2) is 30.3 Å². The fraction of sp³-hybridized carbons (Fsp3) is 0.286. The van der Waals surface area contributed by atoms with Crippen LogP contribution in [0, 0.1) is 0 Å². The molecule has 0 fully saturated rings. The van der Waals surface area contributed by atoms with Gasteiger partial charge in [0.15, 0.2) is 0 Å². The lowest BCUT2D eigenvalue weighted by Gasteiger charge is -2.02. The summed E-state index contributed by atoms with van der Waals surface area (Å²) in [4.78, 5) is 22.4. The van der Waals surface area contributed by atoms with Crippen molar-refractivity contribution in [1.29, 1.82) is 0 Å². The van der Waals surface area contributed by atoms with Gasteiger partial charge in [-0.1, -0.05) is 12.1 Å². The molecule has 5 nitrogen and oxygen atoms in total. The van der Waals surface area contributed by atoms with Crippen molar-refractivity contribution < 1.29 is 19.1 Å². The molecule has 0 atom stereocenters. The summed E-state index contributed by atoms with van der Waals surface area (Å²) in [6.07, 6.45) is 3.01. The number of amides is 1. The van der Waals surface area contributed by atoms with Crippen LogP contribution in [-0.2, 0) is 14.3 Å². The minimum Gasteiger partial charge on any atom is -0.497 e. The number of methoxy groups -OCH3 is 1. The monoisotopic (exact) mass is 263 g/mol. The van der Waals surface area contributed by atoms with Gasteiger partial charge in [0.1, 0.15) is 12.3 Å². The number of hydrogen-bond donors (Lipinski definition) is 1. The molecule has 1 aromatic rings. The zero-order valence-electron chi connectivity index (χ0n) is 11.0. The van der Waals surface area contributed by atoms with E-state index in [4.69, 9.17) is 4.74 Å². The number of esters is 1. The van der Waals surface area contributed by atoms with Crippen LogP contribution < -0.4 is 10.1 Å². The van der Waals surface area contributed by atoms with Crippen LogP contribution in [0.1, 0.15) is 12.5 Å². The Hall–Kier alpha value is -2.30. The molecule has 5 heteroatoms. The van der Waals surface area contributed by atoms with Gasteiger partial charge in [-0.15, -0.1) is 0 Å². The number of nitrogens with one attached hydrogen (secondary N) is 1. The molecule has 0 aliphatic carbocycles. The Morgan fingerprint density at radius 3 is 2.53 bits per heavy atom. The van der Waals surface area contributed by atoms with Crippen molar-refractivity contribution in [2.75, 3.05) is 20.3 Å². The van der Waals surface area contributed by atoms with Gasteiger partial charge in [-0.25, -0.2) is 0 Å². The quantitative estimate of drug-likeness (QED) is 0.622. The molecule has 0 spiro atoms. The molecule has 19 heavy (non-hydrogen) atoms. The van der Waals surface area contributed by atoms with E-state index in [9.17, 15) is 9.59 Å². The summed E-state index contributed by atoms with van der Waals surface area (Å²) in [6.45, 7) is 1.89. The van der Waals surface area contributed by atoms with Gasteiger partial charge in [0.25, 0.3) is 0 Å². The predicted molar refractivity (Wildman–Crippen MR) is 71.7 cm³/mol. The fourth-order valence-electron chi connectivity index (χ4n) is 1.32. The fourth-order valence-corrected chi connectivity index (χ4v) is 1.32. The van der Waals surface area contributed by atoms with Crippen LogP contribution in [0.5, 0.6) is 5.75 Å². The zero-order valence-corrected chi connectivity index (χ0v) is 11.0. The van der Waals surface area contributed by atoms with Gasteiger partial charge < -0.3 is 14.8 Å². The number of rotatable bonds is 6. The second-order valence-electron chi connectivity index (χ2n) is 3.63. The second-order valence-corrected chi connectivity index (χ2v) is 3.63. The van der Waals surface area contributed by atoms with E-state index < -0.39 is 5.97 Å². The molecule has 1 N–H and O–H groups in total. The smallest absolute Gasteiger partial charge is 0.325 e. The SMILES string of the molecule is CCOC(=O)CNC(=O)C=Cc1ccc(OC)cc1. The standard InChI is InChI=1S/C14H17NO4/c1-3-19-14(17)10-15-13(16)9-6-11-4-7-12(18-2)8-5-11/h4-9H,3,10H2,1-2H3,(H,15,16). The number of hydrogen-bond acceptors (Lipinski definition) is 4. The normalized spacial score (nSPS) is 10.2. The van der Waals surface area contributed by atoms with Crippen LogP contribution in [0.3, 0.4) is 0 Å². The third kappa shape index (κ3) is 5.72. The molecule has 1 amide bonds. The second kappa shape index (κ2) is 7.92. The molecule has 0 aromatic heterocycles. The van der Waals surface area contributed by atoms with Gasteiger partial charge >= 0.3 is 5.97 Å². The Balaban J connectivity index is 2.42. The van der Waals surface area contributed by atoms with E-state index in [1.807, 2.05) is 12.1 Å². The summed E-state index contributed by atoms with van der Waals surface area (Å²) in [5.74, 6) is -0.0403. The van der Waals surface area contributed by atoms with Crippen LogP contribution >= 0.6 is 0 Å². The first kappa shape index (κ1) is 14.8. The van der Waals surface area contributed by atoms with Gasteiger partial charge in [0, 0.05) is 6.08 Å². The van der Waals surface area contributed by atoms with Gasteiger partial charge in [-0.2, -0.15) is 0 Å². The topological polar surface area (TPSA) is 64.6 Å². The van der Waals surface area contributed by atoms with Crippen LogP contribution in [-0.4, -0.2) is 32.1 Å². The largest absolute Gasteiger partial charge is 0.497 e. The maximum Gasteiger partial charge on any atom is 0.325 e. The van der Waals surface area contributed by atoms with Crippen molar-refractivity contribution in [1.82, 2.24) is 5.32 Å². The summed E-state index contributed by atoms with van der Waals surface area (Å²) in [5, 5.41) is 2.44. The zero-order chi connectivity index (χ0) is 14.1. The minimum atomic E-state index is -0.450. The molecule has 102 valence electrons. The highest BCUT2D eigenvalue weighted by molar-refractivity contribution is 5.93. The molecule has 0 radical (unpaired) electrons. The molecule has 1 rings (SSSR count). The van der Waals surface area contributed by atoms with Crippen LogP contribution in [0.2, 0.25) is 0 Å². The molecular formula is C14H17NO4. The number of carbonyl (C=O) groups is 2. The summed E-state index contributed by atoms with van der Waals surface area (Å²) in [6, 6.07) is 7.26. The molecule has 0 bridgehead atoms. The molecule has 0 heterocycles. The number of ether oxygens (including phenoxy) is 2. The lowest BCUT2D eigenvalue weighted by Crippen LogP contribution is -2.29. The van der Waals surface area contributed by atoms with E-state index in [0.29, 0.717) is 6.61 Å². The third-order valence-electron chi connectivity index (χ3n) is 2.26. The van der Waals surface area contributed by atoms with E-state index in [0.717, 1.165) is 11.3 Å². The first-order chi connectivity index (χ1) is 9.15. The van der Waals surface area contributed by atoms with Crippen molar-refractivity contribution in [3.63, 3.8) is 0 Å².